The summed E-state index contributed by atoms with van der Waals surface area (Å²) < 4.78 is 31.9. The van der Waals surface area contributed by atoms with Gasteiger partial charge < -0.3 is 6.15 Å². The van der Waals surface area contributed by atoms with Crippen molar-refractivity contribution in [2.75, 3.05) is 0 Å². The van der Waals surface area contributed by atoms with Gasteiger partial charge >= 0.3 is 29.5 Å². The first-order valence-electron chi connectivity index (χ1n) is 0.698. The Bertz CT molecular complexity index is 90.7. The first kappa shape index (κ1) is 9.38. The van der Waals surface area contributed by atoms with Crippen LogP contribution in [0.25, 0.3) is 6.15 Å². The van der Waals surface area contributed by atoms with Gasteiger partial charge in [-0.15, -0.1) is 0 Å². The fraction of sp³-hybridized carbons (Fsp3) is 0. The molecule has 0 aliphatic carbocycles. The van der Waals surface area contributed by atoms with Gasteiger partial charge in [-0.1, -0.05) is 0 Å². The van der Waals surface area contributed by atoms with E-state index in [4.69, 9.17) is 15.9 Å². The van der Waals surface area contributed by atoms with Gasteiger partial charge in [0.1, 0.15) is 0 Å². The van der Waals surface area contributed by atoms with E-state index in [0.717, 1.165) is 0 Å². The molecule has 0 aliphatic rings. The van der Waals surface area contributed by atoms with E-state index in [1.165, 1.54) is 0 Å². The van der Waals surface area contributed by atoms with Crippen molar-refractivity contribution in [3.05, 3.63) is 6.15 Å². The van der Waals surface area contributed by atoms with Crippen molar-refractivity contribution in [2.24, 2.45) is 0 Å². The second kappa shape index (κ2) is 2.23. The summed E-state index contributed by atoms with van der Waals surface area (Å²) in [7, 11) is 0. The van der Waals surface area contributed by atoms with Gasteiger partial charge in [-0.3, -0.25) is 0 Å². The van der Waals surface area contributed by atoms with Crippen molar-refractivity contribution in [3.8, 4) is 0 Å². The number of hydrogen-bond acceptors (Lipinski definition) is 2. The molecule has 0 fully saturated rings. The van der Waals surface area contributed by atoms with E-state index in [1.807, 2.05) is 0 Å². The molecular formula is H4CrNO4-. The molecule has 0 rings (SSSR count). The second-order valence-corrected chi connectivity index (χ2v) is 1.85. The zero-order valence-electron chi connectivity index (χ0n) is 2.70. The van der Waals surface area contributed by atoms with Crippen LogP contribution in [0.15, 0.2) is 0 Å². The van der Waals surface area contributed by atoms with Crippen molar-refractivity contribution in [3.63, 3.8) is 0 Å². The van der Waals surface area contributed by atoms with Gasteiger partial charge in [0, 0.05) is 0 Å². The summed E-state index contributed by atoms with van der Waals surface area (Å²) in [5.74, 6) is 0. The summed E-state index contributed by atoms with van der Waals surface area (Å²) in [4.78, 5) is 0. The van der Waals surface area contributed by atoms with Crippen LogP contribution in [0.2, 0.25) is 0 Å². The molecule has 0 radical (unpaired) electrons. The maximum absolute atomic E-state index is 8.82. The van der Waals surface area contributed by atoms with Crippen LogP contribution >= 0.6 is 0 Å². The maximum atomic E-state index is 8.82. The van der Waals surface area contributed by atoms with Gasteiger partial charge in [0.05, 0.1) is 0 Å². The molecule has 6 heavy (non-hydrogen) atoms. The van der Waals surface area contributed by atoms with Crippen LogP contribution in [0.3, 0.4) is 0 Å². The Morgan fingerprint density at radius 1 is 1.17 bits per heavy atom. The number of hydrogen-bond donors (Lipinski definition) is 2. The van der Waals surface area contributed by atoms with Crippen molar-refractivity contribution in [2.45, 2.75) is 0 Å². The molecule has 5 nitrogen and oxygen atoms in total. The fourth-order valence-corrected chi connectivity index (χ4v) is 0. The molecule has 0 saturated heterocycles. The average Bonchev–Trinajstić information content (AvgIpc) is 0.722. The van der Waals surface area contributed by atoms with Crippen LogP contribution in [-0.4, -0.2) is 8.32 Å². The van der Waals surface area contributed by atoms with Crippen molar-refractivity contribution in [1.29, 1.82) is 0 Å². The molecule has 4 N–H and O–H groups in total. The first-order valence-corrected chi connectivity index (χ1v) is 2.88. The van der Waals surface area contributed by atoms with Gasteiger partial charge in [-0.25, -0.2) is 0 Å². The molecule has 0 heterocycles. The monoisotopic (exact) mass is 134 g/mol. The summed E-state index contributed by atoms with van der Waals surface area (Å²) in [5.41, 5.74) is 0. The third-order valence-electron chi connectivity index (χ3n) is 0. The van der Waals surface area contributed by atoms with E-state index >= 15 is 0 Å². The second-order valence-electron chi connectivity index (χ2n) is 0.448. The summed E-state index contributed by atoms with van der Waals surface area (Å²) >= 11 is -5.25. The molecule has 40 valence electrons. The summed E-state index contributed by atoms with van der Waals surface area (Å²) in [6.07, 6.45) is 0. The summed E-state index contributed by atoms with van der Waals surface area (Å²) in [6.45, 7) is 0. The van der Waals surface area contributed by atoms with Gasteiger partial charge in [0.15, 0.2) is 0 Å². The quantitative estimate of drug-likeness (QED) is 0.459. The molecule has 0 aromatic carbocycles. The minimum atomic E-state index is -5.25. The molecule has 0 aliphatic heterocycles. The van der Waals surface area contributed by atoms with Gasteiger partial charge in [-0.05, 0) is 0 Å². The zero-order chi connectivity index (χ0) is 4.50. The Morgan fingerprint density at radius 3 is 1.17 bits per heavy atom. The Labute approximate surface area is 36.6 Å². The van der Waals surface area contributed by atoms with E-state index < -0.39 is 13.6 Å². The molecule has 0 aromatic heterocycles. The first-order chi connectivity index (χ1) is 2.00. The van der Waals surface area contributed by atoms with E-state index in [0.29, 0.717) is 0 Å². The van der Waals surface area contributed by atoms with Gasteiger partial charge in [-0.2, -0.15) is 0 Å². The van der Waals surface area contributed by atoms with Crippen LogP contribution in [-0.2, 0) is 21.2 Å². The average molecular weight is 134 g/mol. The SMILES string of the molecule is [NH2-].[O]=[Cr](=[O])([OH])[OH]. The standard InChI is InChI=1S/Cr.H2N.2H2O.2O/h;3*1H2;;/q+2;-1;;;;/p-2. The predicted molar refractivity (Wildman–Crippen MR) is 11.1 cm³/mol. The number of nitrogens with two attached hydrogens (primary N) is 1. The van der Waals surface area contributed by atoms with Crippen LogP contribution in [0.4, 0.5) is 0 Å². The molecular weight excluding hydrogens is 130 g/mol. The molecule has 0 unspecified atom stereocenters. The third-order valence-corrected chi connectivity index (χ3v) is 0. The van der Waals surface area contributed by atoms with Crippen molar-refractivity contribution in [1.82, 2.24) is 0 Å². The van der Waals surface area contributed by atoms with Crippen LogP contribution in [0, 0.1) is 0 Å². The zero-order valence-corrected chi connectivity index (χ0v) is 3.97. The van der Waals surface area contributed by atoms with Gasteiger partial charge in [0.25, 0.3) is 0 Å². The van der Waals surface area contributed by atoms with E-state index in [-0.39, 0.29) is 6.15 Å². The Hall–Kier alpha value is 0.0125. The fourth-order valence-electron chi connectivity index (χ4n) is 0. The van der Waals surface area contributed by atoms with Gasteiger partial charge in [0.2, 0.25) is 0 Å². The van der Waals surface area contributed by atoms with Crippen molar-refractivity contribution >= 4 is 0 Å². The third kappa shape index (κ3) is 234000. The normalized spacial score (nSPS) is 9.67. The molecule has 0 atom stereocenters. The summed E-state index contributed by atoms with van der Waals surface area (Å²) in [6, 6.07) is 0. The Morgan fingerprint density at radius 2 is 1.17 bits per heavy atom. The molecule has 0 bridgehead atoms. The molecule has 0 amide bonds. The Kier molecular flexibility index (Phi) is 3.49. The summed E-state index contributed by atoms with van der Waals surface area (Å²) in [5, 5.41) is 0. The van der Waals surface area contributed by atoms with Crippen molar-refractivity contribution < 1.29 is 29.5 Å². The predicted octanol–water partition coefficient (Wildman–Crippen LogP) is -0.637. The number of rotatable bonds is 0. The topological polar surface area (TPSA) is 108 Å². The molecule has 0 aromatic rings. The van der Waals surface area contributed by atoms with Crippen LogP contribution in [0.1, 0.15) is 0 Å². The van der Waals surface area contributed by atoms with E-state index in [1.54, 1.807) is 0 Å². The van der Waals surface area contributed by atoms with Crippen LogP contribution < -0.4 is 0 Å². The minimum absolute atomic E-state index is 0. The molecule has 0 saturated carbocycles. The van der Waals surface area contributed by atoms with E-state index in [2.05, 4.69) is 0 Å². The molecule has 0 spiro atoms. The Balaban J connectivity index is 0. The van der Waals surface area contributed by atoms with E-state index in [9.17, 15) is 0 Å². The van der Waals surface area contributed by atoms with Crippen LogP contribution in [0.5, 0.6) is 0 Å². The molecule has 6 heteroatoms.